The van der Waals surface area contributed by atoms with Crippen LogP contribution in [0.25, 0.3) is 0 Å². The van der Waals surface area contributed by atoms with Crippen LogP contribution in [0.15, 0.2) is 11.6 Å². The number of hydrogen-bond donors (Lipinski definition) is 1. The van der Waals surface area contributed by atoms with Gasteiger partial charge in [-0.05, 0) is 13.8 Å². The van der Waals surface area contributed by atoms with Crippen LogP contribution in [-0.4, -0.2) is 368 Å². The van der Waals surface area contributed by atoms with E-state index >= 15 is 0 Å². The van der Waals surface area contributed by atoms with Crippen molar-refractivity contribution in [1.82, 2.24) is 0 Å². The number of allylic oxidation sites excluding steroid dienone is 1. The van der Waals surface area contributed by atoms with Crippen LogP contribution in [0, 0.1) is 0 Å². The topological polar surface area (TPSA) is 287 Å². The van der Waals surface area contributed by atoms with Crippen LogP contribution >= 0.6 is 0 Å². The number of aliphatic hydroxyl groups is 1. The zero-order chi connectivity index (χ0) is 63.1. The fourth-order valence-corrected chi connectivity index (χ4v) is 6.14. The Morgan fingerprint density at radius 3 is 0.398 bits per heavy atom. The van der Waals surface area contributed by atoms with Gasteiger partial charge in [0.25, 0.3) is 0 Å². The standard InChI is InChI=1S/C59H116O29/c1-58(2)57-59(61)88-56-55-87-54-53-86-52-51-85-50-49-84-48-47-83-46-45-82-44-43-81-42-41-80-40-39-79-38-37-78-36-35-77-34-33-76-32-31-75-30-29-74-28-27-73-26-25-72-24-23-71-22-21-70-20-19-69-18-17-68-16-15-67-14-13-66-12-11-65-10-9-64-8-7-63-6-5-62-4-3-60/h57,60H,3-56H2,1-2H3. The molecule has 0 bridgehead atoms. The first-order valence-electron chi connectivity index (χ1n) is 31.1. The van der Waals surface area contributed by atoms with E-state index in [1.165, 1.54) is 6.08 Å². The minimum absolute atomic E-state index is 0.0165. The van der Waals surface area contributed by atoms with Crippen molar-refractivity contribution in [3.05, 3.63) is 11.6 Å². The minimum atomic E-state index is -0.360. The summed E-state index contributed by atoms with van der Waals surface area (Å²) in [6, 6.07) is 0. The molecule has 1 N–H and O–H groups in total. The predicted octanol–water partition coefficient (Wildman–Crippen LogP) is 0.920. The van der Waals surface area contributed by atoms with Crippen LogP contribution in [0.3, 0.4) is 0 Å². The second-order valence-corrected chi connectivity index (χ2v) is 18.0. The average molecular weight is 1290 g/mol. The van der Waals surface area contributed by atoms with E-state index in [1.54, 1.807) is 0 Å². The second-order valence-electron chi connectivity index (χ2n) is 18.0. The SMILES string of the molecule is CC(C)=CC(=O)OCCOCCOCCOCCOCCOCCOCCOCCOCCOCCOCCOCCOCCOCCOCCOCCOCCOCCOCCOCCOCCOCCOCCOCCOCCOCCOCCO. The summed E-state index contributed by atoms with van der Waals surface area (Å²) in [4.78, 5) is 11.4. The summed E-state index contributed by atoms with van der Waals surface area (Å²) >= 11 is 0. The van der Waals surface area contributed by atoms with Crippen LogP contribution in [0.2, 0.25) is 0 Å². The first-order chi connectivity index (χ1) is 43.7. The van der Waals surface area contributed by atoms with E-state index in [-0.39, 0.29) is 19.2 Å². The Labute approximate surface area is 524 Å². The Hall–Kier alpha value is -1.87. The summed E-state index contributed by atoms with van der Waals surface area (Å²) in [5, 5.41) is 8.61. The van der Waals surface area contributed by atoms with Crippen LogP contribution in [-0.2, 0) is 133 Å². The number of ether oxygens (including phenoxy) is 27. The molecule has 0 atom stereocenters. The summed E-state index contributed by atoms with van der Waals surface area (Å²) in [7, 11) is 0. The molecule has 0 aliphatic rings. The van der Waals surface area contributed by atoms with Gasteiger partial charge in [0.2, 0.25) is 0 Å². The second kappa shape index (κ2) is 81.2. The normalized spacial score (nSPS) is 11.6. The lowest BCUT2D eigenvalue weighted by Crippen LogP contribution is -2.16. The van der Waals surface area contributed by atoms with Gasteiger partial charge in [-0.2, -0.15) is 0 Å². The van der Waals surface area contributed by atoms with Gasteiger partial charge in [0, 0.05) is 6.08 Å². The van der Waals surface area contributed by atoms with Gasteiger partial charge in [-0.15, -0.1) is 0 Å². The molecular formula is C59H116O29. The molecule has 526 valence electrons. The Kier molecular flexibility index (Phi) is 79.5. The average Bonchev–Trinajstić information content (AvgIpc) is 3.52. The molecule has 0 saturated heterocycles. The molecule has 0 fully saturated rings. The largest absolute Gasteiger partial charge is 0.460 e. The van der Waals surface area contributed by atoms with Gasteiger partial charge < -0.3 is 133 Å². The number of carbonyl (C=O) groups is 1. The number of carbonyl (C=O) groups excluding carboxylic acids is 1. The van der Waals surface area contributed by atoms with Crippen molar-refractivity contribution in [1.29, 1.82) is 0 Å². The van der Waals surface area contributed by atoms with E-state index in [2.05, 4.69) is 0 Å². The van der Waals surface area contributed by atoms with Crippen LogP contribution < -0.4 is 0 Å². The van der Waals surface area contributed by atoms with Crippen molar-refractivity contribution in [3.8, 4) is 0 Å². The molecule has 0 saturated carbocycles. The maximum atomic E-state index is 11.4. The van der Waals surface area contributed by atoms with E-state index in [4.69, 9.17) is 133 Å². The van der Waals surface area contributed by atoms with Gasteiger partial charge in [0.05, 0.1) is 350 Å². The molecule has 0 unspecified atom stereocenters. The van der Waals surface area contributed by atoms with E-state index in [0.717, 1.165) is 5.57 Å². The van der Waals surface area contributed by atoms with Gasteiger partial charge >= 0.3 is 5.97 Å². The van der Waals surface area contributed by atoms with Crippen LogP contribution in [0.1, 0.15) is 13.8 Å². The molecule has 29 nitrogen and oxygen atoms in total. The molecule has 0 radical (unpaired) electrons. The Balaban J connectivity index is 3.10. The molecule has 29 heteroatoms. The van der Waals surface area contributed by atoms with Crippen molar-refractivity contribution in [3.63, 3.8) is 0 Å². The molecule has 0 aromatic rings. The molecule has 0 spiro atoms. The number of esters is 1. The molecular weight excluding hydrogens is 1170 g/mol. The van der Waals surface area contributed by atoms with Gasteiger partial charge in [-0.3, -0.25) is 0 Å². The third-order valence-electron chi connectivity index (χ3n) is 10.4. The first kappa shape index (κ1) is 86.1. The lowest BCUT2D eigenvalue weighted by atomic mass is 10.3. The lowest BCUT2D eigenvalue weighted by Gasteiger charge is -2.09. The van der Waals surface area contributed by atoms with Gasteiger partial charge in [0.1, 0.15) is 6.61 Å². The van der Waals surface area contributed by atoms with E-state index in [0.29, 0.717) is 344 Å². The summed E-state index contributed by atoms with van der Waals surface area (Å²) in [6.45, 7) is 28.5. The highest BCUT2D eigenvalue weighted by Gasteiger charge is 2.02. The zero-order valence-corrected chi connectivity index (χ0v) is 53.6. The Bertz CT molecular complexity index is 1310. The van der Waals surface area contributed by atoms with E-state index in [1.807, 2.05) is 13.8 Å². The maximum Gasteiger partial charge on any atom is 0.330 e. The summed E-state index contributed by atoms with van der Waals surface area (Å²) in [5.74, 6) is -0.360. The predicted molar refractivity (Wildman–Crippen MR) is 319 cm³/mol. The summed E-state index contributed by atoms with van der Waals surface area (Å²) in [6.07, 6.45) is 1.44. The molecule has 0 aliphatic carbocycles. The molecule has 88 heavy (non-hydrogen) atoms. The number of hydrogen-bond acceptors (Lipinski definition) is 29. The highest BCUT2D eigenvalue weighted by molar-refractivity contribution is 5.82. The fraction of sp³-hybridized carbons (Fsp3) is 0.949. The summed E-state index contributed by atoms with van der Waals surface area (Å²) in [5.41, 5.74) is 0.893. The van der Waals surface area contributed by atoms with Gasteiger partial charge in [-0.1, -0.05) is 5.57 Å². The van der Waals surface area contributed by atoms with Gasteiger partial charge in [0.15, 0.2) is 0 Å². The molecule has 0 aliphatic heterocycles. The molecule has 0 amide bonds. The van der Waals surface area contributed by atoms with Crippen LogP contribution in [0.5, 0.6) is 0 Å². The Morgan fingerprint density at radius 1 is 0.193 bits per heavy atom. The quantitative estimate of drug-likeness (QED) is 0.0503. The minimum Gasteiger partial charge on any atom is -0.460 e. The maximum absolute atomic E-state index is 11.4. The molecule has 0 heterocycles. The van der Waals surface area contributed by atoms with Gasteiger partial charge in [-0.25, -0.2) is 4.79 Å². The smallest absolute Gasteiger partial charge is 0.330 e. The highest BCUT2D eigenvalue weighted by atomic mass is 16.6. The molecule has 0 rings (SSSR count). The zero-order valence-electron chi connectivity index (χ0n) is 53.6. The van der Waals surface area contributed by atoms with Crippen molar-refractivity contribution in [2.24, 2.45) is 0 Å². The monoisotopic (exact) mass is 1290 g/mol. The molecule has 0 aromatic carbocycles. The van der Waals surface area contributed by atoms with E-state index in [9.17, 15) is 4.79 Å². The number of aliphatic hydroxyl groups excluding tert-OH is 1. The highest BCUT2D eigenvalue weighted by Crippen LogP contribution is 1.94. The van der Waals surface area contributed by atoms with E-state index < -0.39 is 0 Å². The number of rotatable bonds is 81. The van der Waals surface area contributed by atoms with Crippen molar-refractivity contribution < 1.29 is 138 Å². The first-order valence-corrected chi connectivity index (χ1v) is 31.1. The van der Waals surface area contributed by atoms with Crippen molar-refractivity contribution >= 4 is 5.97 Å². The third-order valence-corrected chi connectivity index (χ3v) is 10.4. The summed E-state index contributed by atoms with van der Waals surface area (Å²) < 4.78 is 147. The fourth-order valence-electron chi connectivity index (χ4n) is 6.14. The third kappa shape index (κ3) is 82.1. The van der Waals surface area contributed by atoms with Crippen LogP contribution in [0.4, 0.5) is 0 Å². The molecule has 0 aromatic heterocycles. The Morgan fingerprint density at radius 2 is 0.295 bits per heavy atom. The van der Waals surface area contributed by atoms with Crippen molar-refractivity contribution in [2.45, 2.75) is 13.8 Å². The van der Waals surface area contributed by atoms with Crippen molar-refractivity contribution in [2.75, 3.05) is 357 Å². The lowest BCUT2D eigenvalue weighted by molar-refractivity contribution is -0.139.